The van der Waals surface area contributed by atoms with E-state index in [4.69, 9.17) is 18.9 Å². The monoisotopic (exact) mass is 388 g/mol. The zero-order chi connectivity index (χ0) is 20.1. The van der Waals surface area contributed by atoms with Gasteiger partial charge >= 0.3 is 5.97 Å². The van der Waals surface area contributed by atoms with Gasteiger partial charge in [0, 0.05) is 24.2 Å². The zero-order valence-corrected chi connectivity index (χ0v) is 15.4. The first-order valence-electron chi connectivity index (χ1n) is 8.53. The van der Waals surface area contributed by atoms with E-state index in [1.54, 1.807) is 0 Å². The Bertz CT molecular complexity index is 879. The van der Waals surface area contributed by atoms with Gasteiger partial charge in [0.1, 0.15) is 6.10 Å². The van der Waals surface area contributed by atoms with Crippen molar-refractivity contribution in [2.24, 2.45) is 0 Å². The minimum Gasteiger partial charge on any atom is -0.493 e. The van der Waals surface area contributed by atoms with Crippen LogP contribution < -0.4 is 19.5 Å². The summed E-state index contributed by atoms with van der Waals surface area (Å²) < 4.78 is 21.4. The Hall–Kier alpha value is -3.33. The molecule has 2 aromatic rings. The van der Waals surface area contributed by atoms with Crippen molar-refractivity contribution in [3.8, 4) is 17.4 Å². The normalized spacial score (nSPS) is 15.7. The second-order valence-electron chi connectivity index (χ2n) is 6.00. The molecule has 148 valence electrons. The topological polar surface area (TPSA) is 116 Å². The number of carboxylic acid groups (broad SMARTS) is 1. The van der Waals surface area contributed by atoms with Crippen LogP contribution in [0.4, 0.5) is 5.69 Å². The molecule has 1 aromatic heterocycles. The molecule has 9 heteroatoms. The van der Waals surface area contributed by atoms with Gasteiger partial charge < -0.3 is 29.4 Å². The Morgan fingerprint density at radius 1 is 1.21 bits per heavy atom. The Balaban J connectivity index is 1.84. The average Bonchev–Trinajstić information content (AvgIpc) is 3.20. The summed E-state index contributed by atoms with van der Waals surface area (Å²) in [6.45, 7) is 1.11. The number of aromatic nitrogens is 1. The summed E-state index contributed by atoms with van der Waals surface area (Å²) >= 11 is 0. The maximum absolute atomic E-state index is 12.7. The number of hydrogen-bond donors (Lipinski definition) is 2. The van der Waals surface area contributed by atoms with Crippen LogP contribution in [-0.2, 0) is 4.74 Å². The summed E-state index contributed by atoms with van der Waals surface area (Å²) in [5.74, 6) is -0.910. The number of carbonyl (C=O) groups excluding carboxylic acids is 1. The molecule has 0 radical (unpaired) electrons. The Kier molecular flexibility index (Phi) is 5.95. The molecule has 3 rings (SSSR count). The first kappa shape index (κ1) is 19.4. The fourth-order valence-electron chi connectivity index (χ4n) is 2.77. The lowest BCUT2D eigenvalue weighted by atomic mass is 10.1. The van der Waals surface area contributed by atoms with Gasteiger partial charge in [-0.25, -0.2) is 9.78 Å². The van der Waals surface area contributed by atoms with E-state index in [1.165, 1.54) is 44.7 Å². The van der Waals surface area contributed by atoms with Crippen LogP contribution in [0.25, 0.3) is 0 Å². The van der Waals surface area contributed by atoms with Gasteiger partial charge in [0.2, 0.25) is 5.88 Å². The molecule has 2 heterocycles. The third kappa shape index (κ3) is 4.32. The van der Waals surface area contributed by atoms with Crippen molar-refractivity contribution in [3.05, 3.63) is 41.6 Å². The highest BCUT2D eigenvalue weighted by atomic mass is 16.5. The van der Waals surface area contributed by atoms with Crippen LogP contribution in [0, 0.1) is 0 Å². The second-order valence-corrected chi connectivity index (χ2v) is 6.00. The number of benzene rings is 1. The number of ether oxygens (including phenoxy) is 4. The third-order valence-electron chi connectivity index (χ3n) is 4.15. The first-order chi connectivity index (χ1) is 13.5. The molecule has 1 amide bonds. The van der Waals surface area contributed by atoms with Crippen molar-refractivity contribution >= 4 is 17.6 Å². The molecule has 0 aliphatic carbocycles. The molecule has 2 N–H and O–H groups in total. The average molecular weight is 388 g/mol. The molecule has 1 aromatic carbocycles. The molecular weight excluding hydrogens is 368 g/mol. The van der Waals surface area contributed by atoms with Gasteiger partial charge in [-0.05, 0) is 18.2 Å². The summed E-state index contributed by atoms with van der Waals surface area (Å²) in [6.07, 6.45) is 2.13. The highest BCUT2D eigenvalue weighted by molar-refractivity contribution is 6.06. The second kappa shape index (κ2) is 8.57. The summed E-state index contributed by atoms with van der Waals surface area (Å²) in [5, 5.41) is 11.9. The largest absolute Gasteiger partial charge is 0.493 e. The first-order valence-corrected chi connectivity index (χ1v) is 8.53. The Morgan fingerprint density at radius 3 is 2.68 bits per heavy atom. The molecule has 0 saturated carbocycles. The summed E-state index contributed by atoms with van der Waals surface area (Å²) in [5.41, 5.74) is 0.423. The number of anilines is 1. The van der Waals surface area contributed by atoms with Crippen LogP contribution >= 0.6 is 0 Å². The predicted octanol–water partition coefficient (Wildman–Crippen LogP) is 2.22. The standard InChI is InChI=1S/C19H20N2O7/c1-25-15-8-12(19(23)24)7-14(17(15)26-2)21-18(22)11-3-5-20-16(9-11)28-13-4-6-27-10-13/h3,5,7-9,13H,4,6,10H2,1-2H3,(H,21,22)(H,23,24). The molecule has 1 saturated heterocycles. The predicted molar refractivity (Wildman–Crippen MR) is 98.5 cm³/mol. The van der Waals surface area contributed by atoms with Gasteiger partial charge in [-0.15, -0.1) is 0 Å². The minimum absolute atomic E-state index is 0.0482. The van der Waals surface area contributed by atoms with Crippen molar-refractivity contribution in [1.29, 1.82) is 0 Å². The van der Waals surface area contributed by atoms with E-state index in [1.807, 2.05) is 0 Å². The molecular formula is C19H20N2O7. The van der Waals surface area contributed by atoms with E-state index in [0.717, 1.165) is 6.42 Å². The molecule has 0 spiro atoms. The van der Waals surface area contributed by atoms with Gasteiger partial charge in [0.05, 0.1) is 38.7 Å². The highest BCUT2D eigenvalue weighted by Gasteiger charge is 2.20. The van der Waals surface area contributed by atoms with Crippen molar-refractivity contribution in [1.82, 2.24) is 4.98 Å². The van der Waals surface area contributed by atoms with Gasteiger partial charge in [0.25, 0.3) is 5.91 Å². The van der Waals surface area contributed by atoms with Crippen LogP contribution in [0.3, 0.4) is 0 Å². The molecule has 1 aliphatic rings. The van der Waals surface area contributed by atoms with Gasteiger partial charge in [-0.2, -0.15) is 0 Å². The number of pyridine rings is 1. The van der Waals surface area contributed by atoms with Crippen molar-refractivity contribution in [2.45, 2.75) is 12.5 Å². The molecule has 28 heavy (non-hydrogen) atoms. The van der Waals surface area contributed by atoms with E-state index < -0.39 is 11.9 Å². The van der Waals surface area contributed by atoms with Crippen LogP contribution in [-0.4, -0.2) is 55.5 Å². The highest BCUT2D eigenvalue weighted by Crippen LogP contribution is 2.37. The SMILES string of the molecule is COc1cc(C(=O)O)cc(NC(=O)c2ccnc(OC3CCOC3)c2)c1OC. The lowest BCUT2D eigenvalue weighted by Gasteiger charge is -2.15. The molecule has 9 nitrogen and oxygen atoms in total. The quantitative estimate of drug-likeness (QED) is 0.742. The maximum Gasteiger partial charge on any atom is 0.335 e. The van der Waals surface area contributed by atoms with Crippen LogP contribution in [0.1, 0.15) is 27.1 Å². The van der Waals surface area contributed by atoms with Crippen LogP contribution in [0.5, 0.6) is 17.4 Å². The summed E-state index contributed by atoms with van der Waals surface area (Å²) in [4.78, 5) is 28.1. The maximum atomic E-state index is 12.7. The van der Waals surface area contributed by atoms with Crippen LogP contribution in [0.15, 0.2) is 30.5 Å². The number of amides is 1. The zero-order valence-electron chi connectivity index (χ0n) is 15.4. The van der Waals surface area contributed by atoms with Crippen molar-refractivity contribution in [3.63, 3.8) is 0 Å². The third-order valence-corrected chi connectivity index (χ3v) is 4.15. The number of nitrogens with zero attached hydrogens (tertiary/aromatic N) is 1. The lowest BCUT2D eigenvalue weighted by molar-refractivity contribution is 0.0696. The van der Waals surface area contributed by atoms with Gasteiger partial charge in [-0.3, -0.25) is 4.79 Å². The summed E-state index contributed by atoms with van der Waals surface area (Å²) in [7, 11) is 2.78. The van der Waals surface area contributed by atoms with Crippen molar-refractivity contribution < 1.29 is 33.6 Å². The van der Waals surface area contributed by atoms with E-state index in [9.17, 15) is 14.7 Å². The van der Waals surface area contributed by atoms with Gasteiger partial charge in [-0.1, -0.05) is 0 Å². The summed E-state index contributed by atoms with van der Waals surface area (Å²) in [6, 6.07) is 5.66. The molecule has 1 aliphatic heterocycles. The number of aromatic carboxylic acids is 1. The van der Waals surface area contributed by atoms with E-state index >= 15 is 0 Å². The number of rotatable bonds is 7. The van der Waals surface area contributed by atoms with Crippen LogP contribution in [0.2, 0.25) is 0 Å². The van der Waals surface area contributed by atoms with Crippen molar-refractivity contribution in [2.75, 3.05) is 32.8 Å². The molecule has 1 fully saturated rings. The van der Waals surface area contributed by atoms with E-state index in [-0.39, 0.29) is 28.9 Å². The number of carboxylic acids is 1. The number of methoxy groups -OCH3 is 2. The Labute approximate surface area is 161 Å². The minimum atomic E-state index is -1.16. The molecule has 0 bridgehead atoms. The van der Waals surface area contributed by atoms with E-state index in [0.29, 0.717) is 24.7 Å². The fourth-order valence-corrected chi connectivity index (χ4v) is 2.77. The van der Waals surface area contributed by atoms with E-state index in [2.05, 4.69) is 10.3 Å². The fraction of sp³-hybridized carbons (Fsp3) is 0.316. The number of nitrogens with one attached hydrogen (secondary N) is 1. The lowest BCUT2D eigenvalue weighted by Crippen LogP contribution is -2.18. The Morgan fingerprint density at radius 2 is 2.04 bits per heavy atom. The van der Waals surface area contributed by atoms with Gasteiger partial charge in [0.15, 0.2) is 11.5 Å². The number of hydrogen-bond acceptors (Lipinski definition) is 7. The molecule has 1 unspecified atom stereocenters. The number of carbonyl (C=O) groups is 2. The smallest absolute Gasteiger partial charge is 0.335 e. The molecule has 1 atom stereocenters.